The number of amides is 2. The summed E-state index contributed by atoms with van der Waals surface area (Å²) in [5, 5.41) is 2.84. The van der Waals surface area contributed by atoms with Gasteiger partial charge in [0.05, 0.1) is 15.5 Å². The number of fused-ring (bicyclic) bond motifs is 3. The van der Waals surface area contributed by atoms with Crippen LogP contribution in [0.2, 0.25) is 0 Å². The second-order valence-electron chi connectivity index (χ2n) is 9.97. The normalized spacial score (nSPS) is 19.7. The van der Waals surface area contributed by atoms with Crippen LogP contribution in [0, 0.1) is 0 Å². The summed E-state index contributed by atoms with van der Waals surface area (Å²) in [5.74, 6) is -1.96. The van der Waals surface area contributed by atoms with E-state index < -0.39 is 33.7 Å². The summed E-state index contributed by atoms with van der Waals surface area (Å²) in [5.41, 5.74) is 3.03. The van der Waals surface area contributed by atoms with Gasteiger partial charge >= 0.3 is 5.97 Å². The smallest absolute Gasteiger partial charge is 0.333 e. The summed E-state index contributed by atoms with van der Waals surface area (Å²) in [6.45, 7) is 4.69. The molecular formula is C27H32N2O7S. The van der Waals surface area contributed by atoms with Crippen molar-refractivity contribution in [2.45, 2.75) is 70.6 Å². The zero-order chi connectivity index (χ0) is 26.8. The zero-order valence-electron chi connectivity index (χ0n) is 21.2. The Morgan fingerprint density at radius 3 is 2.46 bits per heavy atom. The van der Waals surface area contributed by atoms with Crippen molar-refractivity contribution in [3.05, 3.63) is 42.0 Å². The molecule has 2 heterocycles. The topological polar surface area (TPSA) is 124 Å². The number of hydrogen-bond donors (Lipinski definition) is 0. The SMILES string of the molecule is CC1=[N+](CCCS(=O)(=O)[O-])c2ccc3ccccc3c2C1(C)CCCCCC(=O)ON1C(=O)CCC1=O. The third-order valence-electron chi connectivity index (χ3n) is 7.49. The van der Waals surface area contributed by atoms with E-state index in [1.54, 1.807) is 0 Å². The minimum atomic E-state index is -4.28. The predicted octanol–water partition coefficient (Wildman–Crippen LogP) is 3.71. The van der Waals surface area contributed by atoms with Crippen LogP contribution in [0.1, 0.15) is 70.8 Å². The second-order valence-corrected chi connectivity index (χ2v) is 11.5. The van der Waals surface area contributed by atoms with Crippen molar-refractivity contribution in [2.24, 2.45) is 0 Å². The lowest BCUT2D eigenvalue weighted by molar-refractivity contribution is -0.438. The van der Waals surface area contributed by atoms with Crippen molar-refractivity contribution in [3.63, 3.8) is 0 Å². The summed E-state index contributed by atoms with van der Waals surface area (Å²) in [6.07, 6.45) is 3.47. The van der Waals surface area contributed by atoms with Gasteiger partial charge in [-0.15, -0.1) is 5.06 Å². The second kappa shape index (κ2) is 10.7. The third-order valence-corrected chi connectivity index (χ3v) is 8.27. The standard InChI is InChI=1S/C27H32N2O7S/c1-19-27(2,16-7-3-4-11-25(32)36-29-23(30)14-15-24(29)31)26-21-10-6-5-9-20(21)12-13-22(26)28(19)17-8-18-37(33,34)35/h5-6,9-10,12-13H,3-4,7-8,11,14-18H2,1-2H3. The highest BCUT2D eigenvalue weighted by molar-refractivity contribution is 7.85. The summed E-state index contributed by atoms with van der Waals surface area (Å²) >= 11 is 0. The molecule has 10 heteroatoms. The van der Waals surface area contributed by atoms with Gasteiger partial charge in [-0.1, -0.05) is 37.1 Å². The van der Waals surface area contributed by atoms with E-state index in [-0.39, 0.29) is 31.1 Å². The first-order valence-corrected chi connectivity index (χ1v) is 14.2. The lowest BCUT2D eigenvalue weighted by atomic mass is 9.74. The molecule has 37 heavy (non-hydrogen) atoms. The first-order chi connectivity index (χ1) is 17.5. The van der Waals surface area contributed by atoms with Crippen LogP contribution in [0.15, 0.2) is 36.4 Å². The van der Waals surface area contributed by atoms with E-state index in [2.05, 4.69) is 42.7 Å². The maximum atomic E-state index is 12.1. The van der Waals surface area contributed by atoms with Gasteiger partial charge in [-0.2, -0.15) is 4.58 Å². The molecule has 0 radical (unpaired) electrons. The molecular weight excluding hydrogens is 496 g/mol. The van der Waals surface area contributed by atoms with Crippen LogP contribution >= 0.6 is 0 Å². The first kappa shape index (κ1) is 26.9. The number of rotatable bonds is 11. The highest BCUT2D eigenvalue weighted by Gasteiger charge is 2.47. The van der Waals surface area contributed by atoms with Gasteiger partial charge in [-0.3, -0.25) is 9.59 Å². The van der Waals surface area contributed by atoms with E-state index in [1.807, 2.05) is 12.1 Å². The molecule has 2 aliphatic rings. The molecule has 0 aliphatic carbocycles. The van der Waals surface area contributed by atoms with Crippen molar-refractivity contribution in [2.75, 3.05) is 12.3 Å². The van der Waals surface area contributed by atoms with Crippen LogP contribution in [0.4, 0.5) is 5.69 Å². The Morgan fingerprint density at radius 2 is 1.76 bits per heavy atom. The van der Waals surface area contributed by atoms with Gasteiger partial charge in [0, 0.05) is 50.0 Å². The van der Waals surface area contributed by atoms with Crippen LogP contribution in [0.3, 0.4) is 0 Å². The first-order valence-electron chi connectivity index (χ1n) is 12.7. The molecule has 198 valence electrons. The van der Waals surface area contributed by atoms with Crippen LogP contribution in [0.25, 0.3) is 10.8 Å². The number of imide groups is 1. The maximum Gasteiger partial charge on any atom is 0.333 e. The average molecular weight is 529 g/mol. The Balaban J connectivity index is 1.45. The summed E-state index contributed by atoms with van der Waals surface area (Å²) in [7, 11) is -4.28. The van der Waals surface area contributed by atoms with Gasteiger partial charge in [-0.05, 0) is 36.6 Å². The Labute approximate surface area is 216 Å². The van der Waals surface area contributed by atoms with E-state index in [1.165, 1.54) is 5.56 Å². The Hall–Kier alpha value is -3.11. The fraction of sp³-hybridized carbons (Fsp3) is 0.481. The largest absolute Gasteiger partial charge is 0.748 e. The van der Waals surface area contributed by atoms with Gasteiger partial charge in [0.1, 0.15) is 6.54 Å². The minimum Gasteiger partial charge on any atom is -0.748 e. The Morgan fingerprint density at radius 1 is 1.05 bits per heavy atom. The molecule has 0 N–H and O–H groups in total. The number of benzene rings is 2. The average Bonchev–Trinajstić information content (AvgIpc) is 3.27. The van der Waals surface area contributed by atoms with Crippen molar-refractivity contribution in [1.82, 2.24) is 5.06 Å². The minimum absolute atomic E-state index is 0.0699. The van der Waals surface area contributed by atoms with Crippen molar-refractivity contribution >= 4 is 50.1 Å². The van der Waals surface area contributed by atoms with Crippen LogP contribution in [0.5, 0.6) is 0 Å². The van der Waals surface area contributed by atoms with Crippen molar-refractivity contribution in [1.29, 1.82) is 0 Å². The molecule has 0 spiro atoms. The number of unbranched alkanes of at least 4 members (excludes halogenated alkanes) is 2. The highest BCUT2D eigenvalue weighted by atomic mass is 32.2. The molecule has 1 saturated heterocycles. The van der Waals surface area contributed by atoms with E-state index >= 15 is 0 Å². The van der Waals surface area contributed by atoms with Crippen LogP contribution < -0.4 is 0 Å². The van der Waals surface area contributed by atoms with E-state index in [9.17, 15) is 27.4 Å². The fourth-order valence-corrected chi connectivity index (χ4v) is 5.93. The van der Waals surface area contributed by atoms with Gasteiger partial charge in [-0.25, -0.2) is 13.2 Å². The molecule has 2 aromatic carbocycles. The van der Waals surface area contributed by atoms with Crippen LogP contribution in [-0.2, 0) is 34.8 Å². The molecule has 1 atom stereocenters. The number of hydroxylamine groups is 2. The van der Waals surface area contributed by atoms with Gasteiger partial charge < -0.3 is 9.39 Å². The maximum absolute atomic E-state index is 12.1. The van der Waals surface area contributed by atoms with Crippen molar-refractivity contribution < 1.29 is 36.8 Å². The molecule has 9 nitrogen and oxygen atoms in total. The monoisotopic (exact) mass is 528 g/mol. The zero-order valence-corrected chi connectivity index (χ0v) is 22.0. The fourth-order valence-electron chi connectivity index (χ4n) is 5.45. The number of nitrogens with zero attached hydrogens (tertiary/aromatic N) is 2. The lowest BCUT2D eigenvalue weighted by Crippen LogP contribution is -2.32. The highest BCUT2D eigenvalue weighted by Crippen LogP contribution is 2.46. The quantitative estimate of drug-likeness (QED) is 0.188. The summed E-state index contributed by atoms with van der Waals surface area (Å²) < 4.78 is 35.6. The molecule has 1 fully saturated rings. The predicted molar refractivity (Wildman–Crippen MR) is 136 cm³/mol. The molecule has 2 amide bonds. The molecule has 0 aromatic heterocycles. The Kier molecular flexibility index (Phi) is 7.80. The molecule has 0 bridgehead atoms. The lowest BCUT2D eigenvalue weighted by Gasteiger charge is -2.23. The number of carbonyl (C=O) groups excluding carboxylic acids is 3. The molecule has 2 aromatic rings. The van der Waals surface area contributed by atoms with Gasteiger partial charge in [0.2, 0.25) is 5.69 Å². The molecule has 0 saturated carbocycles. The van der Waals surface area contributed by atoms with E-state index in [0.717, 1.165) is 41.4 Å². The molecule has 2 aliphatic heterocycles. The molecule has 1 unspecified atom stereocenters. The number of hydrogen-bond acceptors (Lipinski definition) is 7. The molecule has 4 rings (SSSR count). The Bertz CT molecular complexity index is 1370. The van der Waals surface area contributed by atoms with Gasteiger partial charge in [0.25, 0.3) is 11.8 Å². The summed E-state index contributed by atoms with van der Waals surface area (Å²) in [6, 6.07) is 12.3. The van der Waals surface area contributed by atoms with Crippen LogP contribution in [-0.4, -0.2) is 58.4 Å². The van der Waals surface area contributed by atoms with E-state index in [4.69, 9.17) is 4.84 Å². The third kappa shape index (κ3) is 5.75. The van der Waals surface area contributed by atoms with Gasteiger partial charge in [0.15, 0.2) is 5.71 Å². The number of carbonyl (C=O) groups is 3. The van der Waals surface area contributed by atoms with Crippen molar-refractivity contribution in [3.8, 4) is 0 Å². The summed E-state index contributed by atoms with van der Waals surface area (Å²) in [4.78, 5) is 40.3. The van der Waals surface area contributed by atoms with E-state index in [0.29, 0.717) is 18.0 Å².